The Labute approximate surface area is 203 Å². The number of thiophene rings is 1. The minimum absolute atomic E-state index is 0.0785. The third-order valence-electron chi connectivity index (χ3n) is 6.31. The maximum Gasteiger partial charge on any atom is 0.272 e. The number of nitrogens with zero attached hydrogens (tertiary/aromatic N) is 2. The first-order chi connectivity index (χ1) is 16.3. The second-order valence-electron chi connectivity index (χ2n) is 9.52. The van der Waals surface area contributed by atoms with E-state index in [2.05, 4.69) is 41.6 Å². The third kappa shape index (κ3) is 3.71. The van der Waals surface area contributed by atoms with Gasteiger partial charge in [0.2, 0.25) is 0 Å². The molecular weight excluding hydrogens is 450 g/mol. The van der Waals surface area contributed by atoms with E-state index in [0.29, 0.717) is 25.5 Å². The Morgan fingerprint density at radius 3 is 2.85 bits per heavy atom. The number of aromatic amines is 1. The molecule has 0 unspecified atom stereocenters. The van der Waals surface area contributed by atoms with Crippen LogP contribution in [0.25, 0.3) is 28.5 Å². The summed E-state index contributed by atoms with van der Waals surface area (Å²) in [5.41, 5.74) is 6.51. The molecular formula is C26H29N3O4S. The highest BCUT2D eigenvalue weighted by Gasteiger charge is 2.38. The van der Waals surface area contributed by atoms with Gasteiger partial charge in [-0.25, -0.2) is 0 Å². The number of amides is 1. The van der Waals surface area contributed by atoms with Crippen LogP contribution in [0.1, 0.15) is 49.3 Å². The minimum Gasteiger partial charge on any atom is -0.495 e. The molecule has 34 heavy (non-hydrogen) atoms. The summed E-state index contributed by atoms with van der Waals surface area (Å²) in [4.78, 5) is 15.4. The lowest BCUT2D eigenvalue weighted by atomic mass is 9.92. The molecule has 7 nitrogen and oxygen atoms in total. The molecule has 178 valence electrons. The van der Waals surface area contributed by atoms with E-state index in [1.54, 1.807) is 18.4 Å². The van der Waals surface area contributed by atoms with E-state index in [-0.39, 0.29) is 12.5 Å². The molecule has 0 bridgehead atoms. The van der Waals surface area contributed by atoms with Crippen molar-refractivity contribution in [3.8, 4) is 33.9 Å². The van der Waals surface area contributed by atoms with Crippen LogP contribution in [-0.2, 0) is 11.3 Å². The summed E-state index contributed by atoms with van der Waals surface area (Å²) >= 11 is 1.62. The number of allylic oxidation sites excluding steroid dienone is 1. The topological polar surface area (TPSA) is 76.7 Å². The van der Waals surface area contributed by atoms with Crippen LogP contribution in [0.5, 0.6) is 11.5 Å². The summed E-state index contributed by atoms with van der Waals surface area (Å²) in [7, 11) is 1.68. The second kappa shape index (κ2) is 8.60. The lowest BCUT2D eigenvalue weighted by Gasteiger charge is -2.42. The van der Waals surface area contributed by atoms with Crippen molar-refractivity contribution in [2.75, 3.05) is 26.9 Å². The van der Waals surface area contributed by atoms with Gasteiger partial charge in [0.15, 0.2) is 0 Å². The predicted molar refractivity (Wildman–Crippen MR) is 133 cm³/mol. The summed E-state index contributed by atoms with van der Waals surface area (Å²) < 4.78 is 17.8. The van der Waals surface area contributed by atoms with Crippen molar-refractivity contribution < 1.29 is 19.0 Å². The Morgan fingerprint density at radius 1 is 1.35 bits per heavy atom. The number of carbonyl (C=O) groups excluding carboxylic acids is 1. The fraction of sp³-hybridized carbons (Fsp3) is 0.385. The monoisotopic (exact) mass is 479 g/mol. The Morgan fingerprint density at radius 2 is 2.18 bits per heavy atom. The van der Waals surface area contributed by atoms with Gasteiger partial charge in [0, 0.05) is 23.2 Å². The molecule has 0 spiro atoms. The first-order valence-electron chi connectivity index (χ1n) is 11.3. The van der Waals surface area contributed by atoms with Gasteiger partial charge in [-0.15, -0.1) is 0 Å². The van der Waals surface area contributed by atoms with Crippen molar-refractivity contribution in [1.29, 1.82) is 0 Å². The number of hydrogen-bond donors (Lipinski definition) is 1. The van der Waals surface area contributed by atoms with Crippen molar-refractivity contribution in [1.82, 2.24) is 15.1 Å². The summed E-state index contributed by atoms with van der Waals surface area (Å²) in [5, 5.41) is 11.8. The van der Waals surface area contributed by atoms with Gasteiger partial charge in [-0.3, -0.25) is 9.89 Å². The SMILES string of the molecule is COc1c(C=C(C)C)cc2c(c1-c1ccsc1)OCc1c-2n[nH]c1C(=O)N1CCOCC1(C)C. The number of rotatable bonds is 4. The summed E-state index contributed by atoms with van der Waals surface area (Å²) in [5.74, 6) is 1.42. The van der Waals surface area contributed by atoms with E-state index in [9.17, 15) is 4.79 Å². The van der Waals surface area contributed by atoms with Crippen molar-refractivity contribution >= 4 is 23.3 Å². The van der Waals surface area contributed by atoms with Gasteiger partial charge in [-0.1, -0.05) is 11.6 Å². The van der Waals surface area contributed by atoms with Gasteiger partial charge in [-0.2, -0.15) is 16.4 Å². The van der Waals surface area contributed by atoms with Gasteiger partial charge >= 0.3 is 0 Å². The van der Waals surface area contributed by atoms with Crippen molar-refractivity contribution in [2.24, 2.45) is 0 Å². The maximum absolute atomic E-state index is 13.5. The molecule has 1 saturated heterocycles. The number of aromatic nitrogens is 2. The van der Waals surface area contributed by atoms with Crippen molar-refractivity contribution in [3.05, 3.63) is 45.3 Å². The smallest absolute Gasteiger partial charge is 0.272 e. The van der Waals surface area contributed by atoms with Crippen LogP contribution in [0.15, 0.2) is 28.5 Å². The number of hydrogen-bond acceptors (Lipinski definition) is 6. The van der Waals surface area contributed by atoms with Gasteiger partial charge in [0.05, 0.1) is 31.4 Å². The quantitative estimate of drug-likeness (QED) is 0.544. The van der Waals surface area contributed by atoms with E-state index in [0.717, 1.165) is 50.6 Å². The fourth-order valence-electron chi connectivity index (χ4n) is 4.72. The summed E-state index contributed by atoms with van der Waals surface area (Å²) in [6.07, 6.45) is 2.10. The number of benzene rings is 1. The fourth-order valence-corrected chi connectivity index (χ4v) is 5.37. The molecule has 2 aliphatic heterocycles. The summed E-state index contributed by atoms with van der Waals surface area (Å²) in [6, 6.07) is 4.11. The van der Waals surface area contributed by atoms with Crippen LogP contribution in [0.2, 0.25) is 0 Å². The normalized spacial score (nSPS) is 16.3. The number of ether oxygens (including phenoxy) is 3. The Bertz CT molecular complexity index is 1270. The van der Waals surface area contributed by atoms with Gasteiger partial charge in [-0.05, 0) is 56.2 Å². The largest absolute Gasteiger partial charge is 0.495 e. The third-order valence-corrected chi connectivity index (χ3v) is 6.99. The van der Waals surface area contributed by atoms with Crippen molar-refractivity contribution in [3.63, 3.8) is 0 Å². The molecule has 1 N–H and O–H groups in total. The Hall–Kier alpha value is -3.10. The molecule has 1 aromatic carbocycles. The molecule has 8 heteroatoms. The standard InChI is InChI=1S/C26H29N3O4S/c1-15(2)10-17-11-18-21-19(12-33-24(18)20(23(17)31-5)16-6-9-34-13-16)22(28-27-21)25(30)29-7-8-32-14-26(29,3)4/h6,9-11,13H,7-8,12,14H2,1-5H3,(H,27,28). The van der Waals surface area contributed by atoms with E-state index in [4.69, 9.17) is 14.2 Å². The molecule has 4 heterocycles. The number of carbonyl (C=O) groups is 1. The van der Waals surface area contributed by atoms with Gasteiger partial charge in [0.1, 0.15) is 29.5 Å². The van der Waals surface area contributed by atoms with Crippen LogP contribution < -0.4 is 9.47 Å². The average Bonchev–Trinajstić information content (AvgIpc) is 3.47. The molecule has 0 atom stereocenters. The first kappa shape index (κ1) is 22.7. The number of H-pyrrole nitrogens is 1. The zero-order valence-corrected chi connectivity index (χ0v) is 21.0. The van der Waals surface area contributed by atoms with Crippen LogP contribution in [-0.4, -0.2) is 53.4 Å². The second-order valence-corrected chi connectivity index (χ2v) is 10.3. The first-order valence-corrected chi connectivity index (χ1v) is 12.3. The predicted octanol–water partition coefficient (Wildman–Crippen LogP) is 5.38. The highest BCUT2D eigenvalue weighted by Crippen LogP contribution is 2.50. The highest BCUT2D eigenvalue weighted by atomic mass is 32.1. The Balaban J connectivity index is 1.67. The molecule has 1 amide bonds. The Kier molecular flexibility index (Phi) is 5.73. The molecule has 5 rings (SSSR count). The average molecular weight is 480 g/mol. The highest BCUT2D eigenvalue weighted by molar-refractivity contribution is 7.08. The molecule has 0 aliphatic carbocycles. The number of morpholine rings is 1. The molecule has 2 aliphatic rings. The zero-order chi connectivity index (χ0) is 24.0. The molecule has 2 aromatic heterocycles. The lowest BCUT2D eigenvalue weighted by molar-refractivity contribution is -0.0374. The zero-order valence-electron chi connectivity index (χ0n) is 20.2. The minimum atomic E-state index is -0.392. The van der Waals surface area contributed by atoms with Crippen LogP contribution >= 0.6 is 11.3 Å². The van der Waals surface area contributed by atoms with Crippen molar-refractivity contribution in [2.45, 2.75) is 39.8 Å². The molecule has 0 saturated carbocycles. The maximum atomic E-state index is 13.5. The van der Waals surface area contributed by atoms with Gasteiger partial charge in [0.25, 0.3) is 5.91 Å². The van der Waals surface area contributed by atoms with Crippen LogP contribution in [0.4, 0.5) is 0 Å². The van der Waals surface area contributed by atoms with E-state index in [1.165, 1.54) is 0 Å². The number of fused-ring (bicyclic) bond motifs is 3. The number of nitrogens with one attached hydrogen (secondary N) is 1. The number of methoxy groups -OCH3 is 1. The summed E-state index contributed by atoms with van der Waals surface area (Å²) in [6.45, 7) is 9.98. The molecule has 3 aromatic rings. The van der Waals surface area contributed by atoms with Crippen LogP contribution in [0.3, 0.4) is 0 Å². The molecule has 1 fully saturated rings. The van der Waals surface area contributed by atoms with E-state index in [1.807, 2.05) is 30.2 Å². The van der Waals surface area contributed by atoms with Gasteiger partial charge < -0.3 is 19.1 Å². The van der Waals surface area contributed by atoms with Crippen LogP contribution in [0, 0.1) is 0 Å². The van der Waals surface area contributed by atoms with E-state index < -0.39 is 5.54 Å². The van der Waals surface area contributed by atoms with E-state index >= 15 is 0 Å². The lowest BCUT2D eigenvalue weighted by Crippen LogP contribution is -2.55. The molecule has 0 radical (unpaired) electrons.